The number of nitrogens with one attached hydrogen (secondary N) is 1. The van der Waals surface area contributed by atoms with E-state index < -0.39 is 0 Å². The molecule has 1 saturated carbocycles. The molecule has 0 saturated heterocycles. The van der Waals surface area contributed by atoms with Crippen LogP contribution in [0.25, 0.3) is 0 Å². The van der Waals surface area contributed by atoms with Crippen LogP contribution < -0.4 is 16.2 Å². The lowest BCUT2D eigenvalue weighted by Crippen LogP contribution is -2.41. The van der Waals surface area contributed by atoms with Crippen LogP contribution >= 0.6 is 0 Å². The average Bonchev–Trinajstić information content (AvgIpc) is 2.33. The fourth-order valence-corrected chi connectivity index (χ4v) is 2.54. The van der Waals surface area contributed by atoms with Crippen molar-refractivity contribution in [2.45, 2.75) is 44.7 Å². The molecule has 2 rings (SSSR count). The van der Waals surface area contributed by atoms with Crippen LogP contribution in [0, 0.1) is 0 Å². The zero-order chi connectivity index (χ0) is 12.3. The zero-order valence-corrected chi connectivity index (χ0v) is 10.2. The van der Waals surface area contributed by atoms with E-state index in [9.17, 15) is 4.79 Å². The lowest BCUT2D eigenvalue weighted by Gasteiger charge is -2.36. The number of rotatable bonds is 3. The highest BCUT2D eigenvalue weighted by molar-refractivity contribution is 5.37. The predicted molar refractivity (Wildman–Crippen MR) is 68.1 cm³/mol. The van der Waals surface area contributed by atoms with Gasteiger partial charge in [0.2, 0.25) is 0 Å². The molecule has 5 heteroatoms. The van der Waals surface area contributed by atoms with Crippen LogP contribution in [0.15, 0.2) is 17.2 Å². The van der Waals surface area contributed by atoms with E-state index >= 15 is 0 Å². The lowest BCUT2D eigenvalue weighted by molar-refractivity contribution is 0.376. The minimum absolute atomic E-state index is 0.0963. The number of hydrogen-bond acceptors (Lipinski definition) is 4. The van der Waals surface area contributed by atoms with Gasteiger partial charge in [0.15, 0.2) is 0 Å². The van der Waals surface area contributed by atoms with Crippen LogP contribution in [0.5, 0.6) is 0 Å². The molecule has 5 nitrogen and oxygen atoms in total. The number of aromatic nitrogens is 2. The fraction of sp³-hybridized carbons (Fsp3) is 0.667. The molecule has 0 bridgehead atoms. The fourth-order valence-electron chi connectivity index (χ4n) is 2.54. The van der Waals surface area contributed by atoms with E-state index in [4.69, 9.17) is 5.73 Å². The van der Waals surface area contributed by atoms with Crippen LogP contribution in [0.2, 0.25) is 0 Å². The Hall–Kier alpha value is -1.36. The molecule has 0 atom stereocenters. The van der Waals surface area contributed by atoms with Crippen LogP contribution in [0.4, 0.5) is 5.82 Å². The molecular weight excluding hydrogens is 216 g/mol. The van der Waals surface area contributed by atoms with Gasteiger partial charge in [0.25, 0.3) is 5.56 Å². The molecule has 0 radical (unpaired) electrons. The van der Waals surface area contributed by atoms with Crippen molar-refractivity contribution in [2.75, 3.05) is 11.4 Å². The first kappa shape index (κ1) is 12.1. The van der Waals surface area contributed by atoms with Crippen molar-refractivity contribution in [1.29, 1.82) is 0 Å². The predicted octanol–water partition coefficient (Wildman–Crippen LogP) is 0.866. The molecule has 1 aliphatic carbocycles. The molecule has 0 spiro atoms. The Kier molecular flexibility index (Phi) is 3.78. The Morgan fingerprint density at radius 3 is 2.76 bits per heavy atom. The van der Waals surface area contributed by atoms with Crippen LogP contribution in [0.3, 0.4) is 0 Å². The van der Waals surface area contributed by atoms with Gasteiger partial charge in [0.1, 0.15) is 5.82 Å². The molecule has 1 aromatic heterocycles. The van der Waals surface area contributed by atoms with Crippen molar-refractivity contribution < 1.29 is 0 Å². The third-order valence-corrected chi connectivity index (χ3v) is 3.48. The number of nitrogens with two attached hydrogens (primary N) is 1. The standard InChI is InChI=1S/C12H20N4O/c1-2-16(10-5-3-9(13)4-6-10)11-7-12(17)15-8-14-11/h7-10H,2-6,13H2,1H3,(H,14,15,17). The maximum absolute atomic E-state index is 11.3. The molecular formula is C12H20N4O. The van der Waals surface area contributed by atoms with Gasteiger partial charge in [-0.05, 0) is 32.6 Å². The van der Waals surface area contributed by atoms with Crippen molar-refractivity contribution in [2.24, 2.45) is 5.73 Å². The molecule has 3 N–H and O–H groups in total. The highest BCUT2D eigenvalue weighted by Crippen LogP contribution is 2.24. The Morgan fingerprint density at radius 2 is 2.18 bits per heavy atom. The first-order valence-corrected chi connectivity index (χ1v) is 6.27. The molecule has 0 unspecified atom stereocenters. The highest BCUT2D eigenvalue weighted by atomic mass is 16.1. The monoisotopic (exact) mass is 236 g/mol. The van der Waals surface area contributed by atoms with Crippen LogP contribution in [-0.4, -0.2) is 28.6 Å². The molecule has 1 aliphatic rings. The summed E-state index contributed by atoms with van der Waals surface area (Å²) in [6.45, 7) is 2.97. The Balaban J connectivity index is 2.13. The third-order valence-electron chi connectivity index (χ3n) is 3.48. The van der Waals surface area contributed by atoms with E-state index in [-0.39, 0.29) is 5.56 Å². The van der Waals surface area contributed by atoms with Gasteiger partial charge in [-0.25, -0.2) is 4.98 Å². The van der Waals surface area contributed by atoms with Gasteiger partial charge in [0, 0.05) is 24.7 Å². The summed E-state index contributed by atoms with van der Waals surface area (Å²) in [4.78, 5) is 20.3. The van der Waals surface area contributed by atoms with Gasteiger partial charge in [0.05, 0.1) is 6.33 Å². The van der Waals surface area contributed by atoms with Gasteiger partial charge in [-0.3, -0.25) is 4.79 Å². The first-order valence-electron chi connectivity index (χ1n) is 6.27. The lowest BCUT2D eigenvalue weighted by atomic mass is 9.91. The van der Waals surface area contributed by atoms with Crippen molar-refractivity contribution in [3.63, 3.8) is 0 Å². The van der Waals surface area contributed by atoms with E-state index in [1.807, 2.05) is 0 Å². The number of hydrogen-bond donors (Lipinski definition) is 2. The zero-order valence-electron chi connectivity index (χ0n) is 10.2. The summed E-state index contributed by atoms with van der Waals surface area (Å²) in [5.74, 6) is 0.775. The topological polar surface area (TPSA) is 75.0 Å². The van der Waals surface area contributed by atoms with Crippen molar-refractivity contribution >= 4 is 5.82 Å². The Morgan fingerprint density at radius 1 is 1.47 bits per heavy atom. The third kappa shape index (κ3) is 2.85. The van der Waals surface area contributed by atoms with Crippen LogP contribution in [-0.2, 0) is 0 Å². The SMILES string of the molecule is CCN(c1cc(=O)[nH]cn1)C1CCC(N)CC1. The number of H-pyrrole nitrogens is 1. The summed E-state index contributed by atoms with van der Waals surface area (Å²) in [7, 11) is 0. The van der Waals surface area contributed by atoms with Gasteiger partial charge in [-0.15, -0.1) is 0 Å². The minimum atomic E-state index is -0.0963. The summed E-state index contributed by atoms with van der Waals surface area (Å²) >= 11 is 0. The second-order valence-corrected chi connectivity index (χ2v) is 4.62. The molecule has 17 heavy (non-hydrogen) atoms. The summed E-state index contributed by atoms with van der Waals surface area (Å²) in [6, 6.07) is 2.38. The average molecular weight is 236 g/mol. The molecule has 1 heterocycles. The van der Waals surface area contributed by atoms with E-state index in [1.165, 1.54) is 6.33 Å². The Labute approximate surface area is 101 Å². The Bertz CT molecular complexity index is 409. The van der Waals surface area contributed by atoms with Crippen LogP contribution in [0.1, 0.15) is 32.6 Å². The molecule has 0 aliphatic heterocycles. The van der Waals surface area contributed by atoms with Gasteiger partial charge < -0.3 is 15.6 Å². The minimum Gasteiger partial charge on any atom is -0.354 e. The number of anilines is 1. The molecule has 0 aromatic carbocycles. The van der Waals surface area contributed by atoms with E-state index in [0.717, 1.165) is 38.0 Å². The van der Waals surface area contributed by atoms with Crippen molar-refractivity contribution in [1.82, 2.24) is 9.97 Å². The van der Waals surface area contributed by atoms with E-state index in [2.05, 4.69) is 21.8 Å². The van der Waals surface area contributed by atoms with Gasteiger partial charge >= 0.3 is 0 Å². The van der Waals surface area contributed by atoms with Gasteiger partial charge in [-0.2, -0.15) is 0 Å². The smallest absolute Gasteiger partial charge is 0.252 e. The highest BCUT2D eigenvalue weighted by Gasteiger charge is 2.24. The first-order chi connectivity index (χ1) is 8.20. The van der Waals surface area contributed by atoms with Crippen molar-refractivity contribution in [3.05, 3.63) is 22.7 Å². The molecule has 94 valence electrons. The second kappa shape index (κ2) is 5.31. The summed E-state index contributed by atoms with van der Waals surface area (Å²) in [5, 5.41) is 0. The second-order valence-electron chi connectivity index (χ2n) is 4.62. The molecule has 1 fully saturated rings. The van der Waals surface area contributed by atoms with E-state index in [1.54, 1.807) is 6.07 Å². The number of nitrogens with zero attached hydrogens (tertiary/aromatic N) is 2. The summed E-state index contributed by atoms with van der Waals surface area (Å²) in [6.07, 6.45) is 5.76. The maximum Gasteiger partial charge on any atom is 0.252 e. The molecule has 1 aromatic rings. The van der Waals surface area contributed by atoms with Gasteiger partial charge in [-0.1, -0.05) is 0 Å². The van der Waals surface area contributed by atoms with E-state index in [0.29, 0.717) is 12.1 Å². The quantitative estimate of drug-likeness (QED) is 0.816. The largest absolute Gasteiger partial charge is 0.354 e. The normalized spacial score (nSPS) is 24.6. The number of aromatic amines is 1. The van der Waals surface area contributed by atoms with Crippen molar-refractivity contribution in [3.8, 4) is 0 Å². The molecule has 0 amide bonds. The summed E-state index contributed by atoms with van der Waals surface area (Å²) in [5.41, 5.74) is 5.82. The summed E-state index contributed by atoms with van der Waals surface area (Å²) < 4.78 is 0. The maximum atomic E-state index is 11.3.